The second-order valence-electron chi connectivity index (χ2n) is 5.02. The fourth-order valence-corrected chi connectivity index (χ4v) is 3.34. The quantitative estimate of drug-likeness (QED) is 0.537. The van der Waals surface area contributed by atoms with E-state index in [1.54, 1.807) is 18.2 Å². The molecule has 3 aromatic rings. The zero-order chi connectivity index (χ0) is 17.1. The normalized spacial score (nSPS) is 11.7. The van der Waals surface area contributed by atoms with Gasteiger partial charge < -0.3 is 4.74 Å². The fourth-order valence-electron chi connectivity index (χ4n) is 2.32. The van der Waals surface area contributed by atoms with Crippen LogP contribution in [0.4, 0.5) is 0 Å². The lowest BCUT2D eigenvalue weighted by molar-refractivity contribution is 0.0600. The lowest BCUT2D eigenvalue weighted by atomic mass is 9.98. The van der Waals surface area contributed by atoms with Gasteiger partial charge in [0.05, 0.1) is 29.0 Å². The second-order valence-corrected chi connectivity index (χ2v) is 6.08. The number of nitrogens with zero attached hydrogens (tertiary/aromatic N) is 2. The molecule has 5 nitrogen and oxygen atoms in total. The summed E-state index contributed by atoms with van der Waals surface area (Å²) >= 11 is 1.32. The number of rotatable bonds is 4. The van der Waals surface area contributed by atoms with E-state index in [0.29, 0.717) is 5.01 Å². The van der Waals surface area contributed by atoms with Crippen molar-refractivity contribution in [3.8, 4) is 6.07 Å². The molecule has 118 valence electrons. The molecule has 0 saturated carbocycles. The standard InChI is InChI=1S/C18H12N2O3S/c1-23-18(22)12-6-4-5-11(9-12)16(21)13(10-19)17-20-14-7-2-3-8-15(14)24-17/h2-9,13H,1H3. The van der Waals surface area contributed by atoms with E-state index in [0.717, 1.165) is 10.2 Å². The molecule has 0 fully saturated rings. The first kappa shape index (κ1) is 15.8. The van der Waals surface area contributed by atoms with Crippen molar-refractivity contribution in [2.45, 2.75) is 5.92 Å². The van der Waals surface area contributed by atoms with Crippen LogP contribution in [-0.2, 0) is 4.74 Å². The molecule has 0 N–H and O–H groups in total. The summed E-state index contributed by atoms with van der Waals surface area (Å²) in [7, 11) is 1.27. The van der Waals surface area contributed by atoms with E-state index < -0.39 is 11.9 Å². The molecular weight excluding hydrogens is 324 g/mol. The highest BCUT2D eigenvalue weighted by atomic mass is 32.1. The first-order chi connectivity index (χ1) is 11.6. The lowest BCUT2D eigenvalue weighted by Crippen LogP contribution is -2.12. The van der Waals surface area contributed by atoms with Crippen LogP contribution in [0.1, 0.15) is 31.6 Å². The number of benzene rings is 2. The number of ether oxygens (including phenoxy) is 1. The Bertz CT molecular complexity index is 939. The number of esters is 1. The van der Waals surface area contributed by atoms with Gasteiger partial charge in [-0.25, -0.2) is 9.78 Å². The molecule has 0 radical (unpaired) electrons. The van der Waals surface area contributed by atoms with E-state index in [-0.39, 0.29) is 16.9 Å². The Morgan fingerprint density at radius 3 is 2.62 bits per heavy atom. The zero-order valence-corrected chi connectivity index (χ0v) is 13.5. The summed E-state index contributed by atoms with van der Waals surface area (Å²) in [4.78, 5) is 28.7. The number of carbonyl (C=O) groups is 2. The monoisotopic (exact) mass is 336 g/mol. The van der Waals surface area contributed by atoms with E-state index in [4.69, 9.17) is 0 Å². The Morgan fingerprint density at radius 2 is 1.92 bits per heavy atom. The molecular formula is C18H12N2O3S. The van der Waals surface area contributed by atoms with Crippen LogP contribution in [-0.4, -0.2) is 23.8 Å². The first-order valence-electron chi connectivity index (χ1n) is 7.11. The minimum absolute atomic E-state index is 0.268. The molecule has 1 aromatic heterocycles. The molecule has 24 heavy (non-hydrogen) atoms. The maximum atomic E-state index is 12.7. The van der Waals surface area contributed by atoms with Crippen molar-refractivity contribution in [3.63, 3.8) is 0 Å². The van der Waals surface area contributed by atoms with Crippen molar-refractivity contribution in [2.75, 3.05) is 7.11 Å². The highest BCUT2D eigenvalue weighted by Crippen LogP contribution is 2.29. The smallest absolute Gasteiger partial charge is 0.337 e. The number of fused-ring (bicyclic) bond motifs is 1. The topological polar surface area (TPSA) is 80.0 Å². The lowest BCUT2D eigenvalue weighted by Gasteiger charge is -2.06. The molecule has 2 aromatic carbocycles. The van der Waals surface area contributed by atoms with Crippen molar-refractivity contribution >= 4 is 33.3 Å². The van der Waals surface area contributed by atoms with Gasteiger partial charge in [-0.05, 0) is 24.3 Å². The third kappa shape index (κ3) is 2.90. The van der Waals surface area contributed by atoms with Crippen molar-refractivity contribution in [2.24, 2.45) is 0 Å². The summed E-state index contributed by atoms with van der Waals surface area (Å²) in [5.74, 6) is -1.92. The van der Waals surface area contributed by atoms with Crippen LogP contribution in [0.25, 0.3) is 10.2 Å². The van der Waals surface area contributed by atoms with Gasteiger partial charge >= 0.3 is 5.97 Å². The average molecular weight is 336 g/mol. The fraction of sp³-hybridized carbons (Fsp3) is 0.111. The molecule has 0 saturated heterocycles. The number of ketones is 1. The average Bonchev–Trinajstić information content (AvgIpc) is 3.05. The maximum absolute atomic E-state index is 12.7. The Hall–Kier alpha value is -3.04. The highest BCUT2D eigenvalue weighted by Gasteiger charge is 2.26. The number of carbonyl (C=O) groups excluding carboxylic acids is 2. The number of thiazole rings is 1. The van der Waals surface area contributed by atoms with Crippen LogP contribution in [0, 0.1) is 11.3 Å². The van der Waals surface area contributed by atoms with E-state index in [1.807, 2.05) is 30.3 Å². The van der Waals surface area contributed by atoms with E-state index >= 15 is 0 Å². The third-order valence-corrected chi connectivity index (χ3v) is 4.62. The Kier molecular flexibility index (Phi) is 4.36. The van der Waals surface area contributed by atoms with Gasteiger partial charge in [0.25, 0.3) is 0 Å². The largest absolute Gasteiger partial charge is 0.465 e. The summed E-state index contributed by atoms with van der Waals surface area (Å²) in [6, 6.07) is 15.7. The SMILES string of the molecule is COC(=O)c1cccc(C(=O)C(C#N)c2nc3ccccc3s2)c1. The van der Waals surface area contributed by atoms with E-state index in [2.05, 4.69) is 9.72 Å². The number of Topliss-reactive ketones (excluding diaryl/α,β-unsaturated/α-hetero) is 1. The van der Waals surface area contributed by atoms with Gasteiger partial charge in [0.15, 0.2) is 11.7 Å². The van der Waals surface area contributed by atoms with Crippen LogP contribution in [0.5, 0.6) is 0 Å². The van der Waals surface area contributed by atoms with Crippen LogP contribution >= 0.6 is 11.3 Å². The highest BCUT2D eigenvalue weighted by molar-refractivity contribution is 7.18. The van der Waals surface area contributed by atoms with E-state index in [9.17, 15) is 14.9 Å². The van der Waals surface area contributed by atoms with Crippen molar-refractivity contribution < 1.29 is 14.3 Å². The summed E-state index contributed by atoms with van der Waals surface area (Å²) in [5, 5.41) is 9.92. The molecule has 0 amide bonds. The number of hydrogen-bond donors (Lipinski definition) is 0. The van der Waals surface area contributed by atoms with Crippen LogP contribution in [0.3, 0.4) is 0 Å². The third-order valence-electron chi connectivity index (χ3n) is 3.52. The van der Waals surface area contributed by atoms with Gasteiger partial charge in [0.1, 0.15) is 5.01 Å². The Labute approximate surface area is 142 Å². The molecule has 1 unspecified atom stereocenters. The molecule has 3 rings (SSSR count). The van der Waals surface area contributed by atoms with Gasteiger partial charge in [0.2, 0.25) is 0 Å². The van der Waals surface area contributed by atoms with Crippen molar-refractivity contribution in [1.82, 2.24) is 4.98 Å². The number of aromatic nitrogens is 1. The van der Waals surface area contributed by atoms with Gasteiger partial charge in [-0.15, -0.1) is 11.3 Å². The predicted octanol–water partition coefficient (Wildman–Crippen LogP) is 3.57. The van der Waals surface area contributed by atoms with Gasteiger partial charge in [0, 0.05) is 5.56 Å². The summed E-state index contributed by atoms with van der Waals surface area (Å²) in [6.45, 7) is 0. The molecule has 0 bridgehead atoms. The molecule has 1 atom stereocenters. The predicted molar refractivity (Wildman–Crippen MR) is 90.1 cm³/mol. The molecule has 0 aliphatic rings. The van der Waals surface area contributed by atoms with Crippen LogP contribution in [0.2, 0.25) is 0 Å². The molecule has 6 heteroatoms. The first-order valence-corrected chi connectivity index (χ1v) is 7.93. The van der Waals surface area contributed by atoms with Gasteiger partial charge in [-0.2, -0.15) is 5.26 Å². The minimum Gasteiger partial charge on any atom is -0.465 e. The summed E-state index contributed by atoms with van der Waals surface area (Å²) in [6.07, 6.45) is 0. The zero-order valence-electron chi connectivity index (χ0n) is 12.7. The molecule has 0 aliphatic carbocycles. The van der Waals surface area contributed by atoms with Crippen molar-refractivity contribution in [1.29, 1.82) is 5.26 Å². The van der Waals surface area contributed by atoms with Crippen LogP contribution in [0.15, 0.2) is 48.5 Å². The Balaban J connectivity index is 1.98. The number of methoxy groups -OCH3 is 1. The number of hydrogen-bond acceptors (Lipinski definition) is 6. The molecule has 0 spiro atoms. The van der Waals surface area contributed by atoms with Gasteiger partial charge in [-0.3, -0.25) is 4.79 Å². The number of nitriles is 1. The minimum atomic E-state index is -1.00. The molecule has 0 aliphatic heterocycles. The number of para-hydroxylation sites is 1. The van der Waals surface area contributed by atoms with Crippen molar-refractivity contribution in [3.05, 3.63) is 64.7 Å². The second kappa shape index (κ2) is 6.60. The maximum Gasteiger partial charge on any atom is 0.337 e. The molecule has 1 heterocycles. The van der Waals surface area contributed by atoms with E-state index in [1.165, 1.54) is 24.5 Å². The Morgan fingerprint density at radius 1 is 1.17 bits per heavy atom. The van der Waals surface area contributed by atoms with Gasteiger partial charge in [-0.1, -0.05) is 24.3 Å². The summed E-state index contributed by atoms with van der Waals surface area (Å²) < 4.78 is 5.58. The summed E-state index contributed by atoms with van der Waals surface area (Å²) in [5.41, 5.74) is 1.31. The van der Waals surface area contributed by atoms with Crippen LogP contribution < -0.4 is 0 Å².